The van der Waals surface area contributed by atoms with Crippen molar-refractivity contribution in [3.8, 4) is 22.4 Å². The summed E-state index contributed by atoms with van der Waals surface area (Å²) in [7, 11) is 0. The van der Waals surface area contributed by atoms with Gasteiger partial charge in [-0.1, -0.05) is 89.2 Å². The number of nitrogen functional groups attached to an aromatic ring is 1. The first-order valence-electron chi connectivity index (χ1n) is 11.5. The Bertz CT molecular complexity index is 1360. The predicted octanol–water partition coefficient (Wildman–Crippen LogP) is 6.85. The van der Waals surface area contributed by atoms with Crippen LogP contribution in [0.4, 0.5) is 5.82 Å². The SMILES string of the molecule is CC(C)c1ccc(-c2cc(-c3ccc(C(=O)C=CC(C)(C)C)cc3)nc3ncnc(N)c23)cc1. The van der Waals surface area contributed by atoms with E-state index in [2.05, 4.69) is 68.9 Å². The normalized spacial score (nSPS) is 12.1. The van der Waals surface area contributed by atoms with Crippen molar-refractivity contribution in [2.45, 2.75) is 40.5 Å². The van der Waals surface area contributed by atoms with E-state index in [9.17, 15) is 4.79 Å². The summed E-state index contributed by atoms with van der Waals surface area (Å²) in [5.41, 5.74) is 12.3. The third-order valence-corrected chi connectivity index (χ3v) is 5.72. The summed E-state index contributed by atoms with van der Waals surface area (Å²) in [6, 6.07) is 18.0. The summed E-state index contributed by atoms with van der Waals surface area (Å²) in [6.07, 6.45) is 5.00. The largest absolute Gasteiger partial charge is 0.383 e. The van der Waals surface area contributed by atoms with Gasteiger partial charge in [-0.05, 0) is 40.2 Å². The fourth-order valence-corrected chi connectivity index (χ4v) is 3.74. The van der Waals surface area contributed by atoms with Crippen molar-refractivity contribution in [3.63, 3.8) is 0 Å². The van der Waals surface area contributed by atoms with E-state index in [1.807, 2.05) is 36.4 Å². The maximum atomic E-state index is 12.5. The molecule has 34 heavy (non-hydrogen) atoms. The van der Waals surface area contributed by atoms with Gasteiger partial charge in [-0.25, -0.2) is 15.0 Å². The Morgan fingerprint density at radius 3 is 2.21 bits per heavy atom. The highest BCUT2D eigenvalue weighted by molar-refractivity contribution is 6.05. The van der Waals surface area contributed by atoms with E-state index in [4.69, 9.17) is 10.7 Å². The van der Waals surface area contributed by atoms with E-state index in [-0.39, 0.29) is 11.2 Å². The smallest absolute Gasteiger partial charge is 0.185 e. The lowest BCUT2D eigenvalue weighted by molar-refractivity contribution is 0.104. The highest BCUT2D eigenvalue weighted by Crippen LogP contribution is 2.34. The molecule has 5 heteroatoms. The number of ketones is 1. The van der Waals surface area contributed by atoms with Crippen LogP contribution in [-0.2, 0) is 0 Å². The molecule has 172 valence electrons. The molecule has 4 aromatic rings. The molecule has 0 atom stereocenters. The van der Waals surface area contributed by atoms with E-state index >= 15 is 0 Å². The van der Waals surface area contributed by atoms with Crippen molar-refractivity contribution < 1.29 is 4.79 Å². The molecule has 2 aromatic carbocycles. The average molecular weight is 451 g/mol. The first kappa shape index (κ1) is 23.3. The molecule has 4 rings (SSSR count). The number of carbonyl (C=O) groups excluding carboxylic acids is 1. The average Bonchev–Trinajstić information content (AvgIpc) is 2.81. The Kier molecular flexibility index (Phi) is 6.29. The van der Waals surface area contributed by atoms with E-state index in [1.165, 1.54) is 11.9 Å². The van der Waals surface area contributed by atoms with Crippen LogP contribution < -0.4 is 5.73 Å². The summed E-state index contributed by atoms with van der Waals surface area (Å²) >= 11 is 0. The molecule has 0 aliphatic rings. The molecule has 0 bridgehead atoms. The van der Waals surface area contributed by atoms with Gasteiger partial charge < -0.3 is 5.73 Å². The van der Waals surface area contributed by atoms with Crippen molar-refractivity contribution in [1.82, 2.24) is 15.0 Å². The first-order chi connectivity index (χ1) is 16.1. The Hall–Kier alpha value is -3.86. The highest BCUT2D eigenvalue weighted by atomic mass is 16.1. The number of fused-ring (bicyclic) bond motifs is 1. The van der Waals surface area contributed by atoms with Gasteiger partial charge in [0.15, 0.2) is 11.4 Å². The Balaban J connectivity index is 1.77. The lowest BCUT2D eigenvalue weighted by Crippen LogP contribution is -2.02. The number of anilines is 1. The number of pyridine rings is 1. The van der Waals surface area contributed by atoms with Crippen LogP contribution in [0.3, 0.4) is 0 Å². The molecule has 0 radical (unpaired) electrons. The molecular weight excluding hydrogens is 420 g/mol. The first-order valence-corrected chi connectivity index (χ1v) is 11.5. The fraction of sp³-hybridized carbons (Fsp3) is 0.241. The quantitative estimate of drug-likeness (QED) is 0.266. The van der Waals surface area contributed by atoms with Gasteiger partial charge in [-0.3, -0.25) is 4.79 Å². The second kappa shape index (κ2) is 9.18. The number of hydrogen-bond donors (Lipinski definition) is 1. The van der Waals surface area contributed by atoms with Crippen molar-refractivity contribution in [3.05, 3.63) is 84.2 Å². The standard InChI is InChI=1S/C29H30N4O/c1-18(2)19-6-8-20(9-7-19)23-16-24(33-28-26(23)27(30)31-17-32-28)21-10-12-22(13-11-21)25(34)14-15-29(3,4)5/h6-18H,1-5H3,(H2,30,31,32,33). The zero-order chi connectivity index (χ0) is 24.5. The maximum absolute atomic E-state index is 12.5. The number of hydrogen-bond acceptors (Lipinski definition) is 5. The van der Waals surface area contributed by atoms with Crippen LogP contribution in [0.2, 0.25) is 0 Å². The molecule has 5 nitrogen and oxygen atoms in total. The van der Waals surface area contributed by atoms with Crippen molar-refractivity contribution in [2.75, 3.05) is 5.73 Å². The number of rotatable bonds is 5. The summed E-state index contributed by atoms with van der Waals surface area (Å²) in [4.78, 5) is 25.9. The van der Waals surface area contributed by atoms with Gasteiger partial charge in [0.05, 0.1) is 11.1 Å². The minimum Gasteiger partial charge on any atom is -0.383 e. The van der Waals surface area contributed by atoms with Crippen LogP contribution in [0.5, 0.6) is 0 Å². The number of benzene rings is 2. The van der Waals surface area contributed by atoms with E-state index < -0.39 is 0 Å². The highest BCUT2D eigenvalue weighted by Gasteiger charge is 2.15. The lowest BCUT2D eigenvalue weighted by Gasteiger charge is -2.13. The lowest BCUT2D eigenvalue weighted by atomic mass is 9.94. The van der Waals surface area contributed by atoms with Crippen molar-refractivity contribution >= 4 is 22.6 Å². The van der Waals surface area contributed by atoms with Crippen LogP contribution in [-0.4, -0.2) is 20.7 Å². The molecule has 0 saturated carbocycles. The molecule has 0 unspecified atom stereocenters. The van der Waals surface area contributed by atoms with Crippen LogP contribution in [0.25, 0.3) is 33.4 Å². The number of aromatic nitrogens is 3. The van der Waals surface area contributed by atoms with Gasteiger partial charge in [0, 0.05) is 11.1 Å². The topological polar surface area (TPSA) is 81.8 Å². The van der Waals surface area contributed by atoms with Gasteiger partial charge in [0.2, 0.25) is 0 Å². The molecular formula is C29H30N4O. The predicted molar refractivity (Wildman–Crippen MR) is 140 cm³/mol. The van der Waals surface area contributed by atoms with E-state index in [0.717, 1.165) is 27.8 Å². The zero-order valence-electron chi connectivity index (χ0n) is 20.3. The third-order valence-electron chi connectivity index (χ3n) is 5.72. The number of nitrogens with two attached hydrogens (primary N) is 1. The third kappa shape index (κ3) is 5.04. The zero-order valence-corrected chi connectivity index (χ0v) is 20.3. The van der Waals surface area contributed by atoms with Crippen molar-refractivity contribution in [1.29, 1.82) is 0 Å². The Labute approximate surface area is 200 Å². The molecule has 0 fully saturated rings. The molecule has 2 heterocycles. The van der Waals surface area contributed by atoms with Gasteiger partial charge in [0.25, 0.3) is 0 Å². The van der Waals surface area contributed by atoms with Crippen LogP contribution >= 0.6 is 0 Å². The van der Waals surface area contributed by atoms with Crippen LogP contribution in [0.1, 0.15) is 56.5 Å². The summed E-state index contributed by atoms with van der Waals surface area (Å²) < 4.78 is 0. The summed E-state index contributed by atoms with van der Waals surface area (Å²) in [6.45, 7) is 10.5. The molecule has 2 N–H and O–H groups in total. The molecule has 2 aromatic heterocycles. The number of allylic oxidation sites excluding steroid dienone is 2. The van der Waals surface area contributed by atoms with Gasteiger partial charge >= 0.3 is 0 Å². The summed E-state index contributed by atoms with van der Waals surface area (Å²) in [5.74, 6) is 0.838. The Morgan fingerprint density at radius 2 is 1.59 bits per heavy atom. The van der Waals surface area contributed by atoms with E-state index in [0.29, 0.717) is 22.9 Å². The van der Waals surface area contributed by atoms with Crippen molar-refractivity contribution in [2.24, 2.45) is 5.41 Å². The molecule has 0 aliphatic carbocycles. The van der Waals surface area contributed by atoms with Gasteiger partial charge in [-0.15, -0.1) is 0 Å². The maximum Gasteiger partial charge on any atom is 0.185 e. The van der Waals surface area contributed by atoms with Gasteiger partial charge in [-0.2, -0.15) is 0 Å². The second-order valence-electron chi connectivity index (χ2n) is 9.93. The van der Waals surface area contributed by atoms with Crippen LogP contribution in [0, 0.1) is 5.41 Å². The fourth-order valence-electron chi connectivity index (χ4n) is 3.74. The summed E-state index contributed by atoms with van der Waals surface area (Å²) in [5, 5.41) is 0.739. The monoisotopic (exact) mass is 450 g/mol. The number of carbonyl (C=O) groups is 1. The van der Waals surface area contributed by atoms with Gasteiger partial charge in [0.1, 0.15) is 12.1 Å². The van der Waals surface area contributed by atoms with Crippen LogP contribution in [0.15, 0.2) is 73.1 Å². The molecule has 0 aliphatic heterocycles. The number of nitrogens with zero attached hydrogens (tertiary/aromatic N) is 3. The molecule has 0 amide bonds. The Morgan fingerprint density at radius 1 is 0.941 bits per heavy atom. The second-order valence-corrected chi connectivity index (χ2v) is 9.93. The molecule has 0 spiro atoms. The van der Waals surface area contributed by atoms with E-state index in [1.54, 1.807) is 6.08 Å². The minimum absolute atomic E-state index is 0.0145. The minimum atomic E-state index is -0.0436. The molecule has 0 saturated heterocycles.